The fourth-order valence-corrected chi connectivity index (χ4v) is 2.67. The van der Waals surface area contributed by atoms with Crippen LogP contribution in [0.5, 0.6) is 0 Å². The number of rotatable bonds is 6. The van der Waals surface area contributed by atoms with E-state index in [9.17, 15) is 4.79 Å². The van der Waals surface area contributed by atoms with Crippen LogP contribution in [0.3, 0.4) is 0 Å². The molecule has 6 nitrogen and oxygen atoms in total. The lowest BCUT2D eigenvalue weighted by molar-refractivity contribution is -0.127. The predicted molar refractivity (Wildman–Crippen MR) is 101 cm³/mol. The van der Waals surface area contributed by atoms with Crippen LogP contribution in [0.15, 0.2) is 4.99 Å². The van der Waals surface area contributed by atoms with Crippen LogP contribution in [0.1, 0.15) is 26.2 Å². The minimum Gasteiger partial charge on any atom is -0.357 e. The zero-order valence-corrected chi connectivity index (χ0v) is 16.3. The van der Waals surface area contributed by atoms with Gasteiger partial charge in [0.1, 0.15) is 6.54 Å². The molecule has 0 aromatic carbocycles. The molecule has 1 unspecified atom stereocenters. The highest BCUT2D eigenvalue weighted by Crippen LogP contribution is 2.31. The van der Waals surface area contributed by atoms with Crippen LogP contribution in [0, 0.1) is 5.92 Å². The predicted octanol–water partition coefficient (Wildman–Crippen LogP) is 0.732. The van der Waals surface area contributed by atoms with Gasteiger partial charge in [-0.2, -0.15) is 0 Å². The first-order valence-electron chi connectivity index (χ1n) is 8.06. The Morgan fingerprint density at radius 3 is 2.59 bits per heavy atom. The van der Waals surface area contributed by atoms with Crippen molar-refractivity contribution in [3.05, 3.63) is 0 Å². The molecule has 0 radical (unpaired) electrons. The molecule has 2 N–H and O–H groups in total. The van der Waals surface area contributed by atoms with Crippen LogP contribution >= 0.6 is 24.0 Å². The van der Waals surface area contributed by atoms with E-state index in [0.29, 0.717) is 5.92 Å². The minimum absolute atomic E-state index is 0. The maximum atomic E-state index is 11.6. The number of likely N-dealkylation sites (tertiary alicyclic amines) is 1. The lowest BCUT2D eigenvalue weighted by Gasteiger charge is -2.17. The summed E-state index contributed by atoms with van der Waals surface area (Å²) >= 11 is 0. The van der Waals surface area contributed by atoms with E-state index in [-0.39, 0.29) is 36.4 Å². The molecule has 128 valence electrons. The van der Waals surface area contributed by atoms with Crippen LogP contribution in [0.2, 0.25) is 0 Å². The molecule has 1 saturated carbocycles. The molecule has 0 aromatic heterocycles. The Labute approximate surface area is 151 Å². The smallest absolute Gasteiger partial charge is 0.243 e. The summed E-state index contributed by atoms with van der Waals surface area (Å²) in [6, 6.07) is 0.870. The van der Waals surface area contributed by atoms with E-state index in [1.807, 2.05) is 6.92 Å². The molecule has 1 aliphatic carbocycles. The van der Waals surface area contributed by atoms with Gasteiger partial charge in [-0.3, -0.25) is 4.79 Å². The van der Waals surface area contributed by atoms with E-state index < -0.39 is 0 Å². The highest BCUT2D eigenvalue weighted by atomic mass is 127. The fraction of sp³-hybridized carbons (Fsp3) is 0.867. The van der Waals surface area contributed by atoms with E-state index in [1.165, 1.54) is 32.4 Å². The molecule has 1 amide bonds. The lowest BCUT2D eigenvalue weighted by Crippen LogP contribution is -2.41. The Bertz CT molecular complexity index is 384. The lowest BCUT2D eigenvalue weighted by atomic mass is 10.1. The molecule has 2 fully saturated rings. The monoisotopic (exact) mass is 423 g/mol. The summed E-state index contributed by atoms with van der Waals surface area (Å²) in [4.78, 5) is 20.1. The Hall–Kier alpha value is -0.570. The molecule has 7 heteroatoms. The summed E-state index contributed by atoms with van der Waals surface area (Å²) in [6.07, 6.45) is 4.04. The largest absolute Gasteiger partial charge is 0.357 e. The second kappa shape index (κ2) is 9.54. The van der Waals surface area contributed by atoms with Crippen LogP contribution < -0.4 is 10.6 Å². The van der Waals surface area contributed by atoms with E-state index in [4.69, 9.17) is 0 Å². The minimum atomic E-state index is 0. The van der Waals surface area contributed by atoms with Crippen LogP contribution in [0.4, 0.5) is 0 Å². The molecular weight excluding hydrogens is 393 g/mol. The topological polar surface area (TPSA) is 60.0 Å². The maximum absolute atomic E-state index is 11.6. The standard InChI is InChI=1S/C15H29N5O.HI/c1-4-16-15(18-10-14(21)19(2)3)17-9-12-7-8-20(11-12)13-5-6-13;/h12-13H,4-11H2,1-3H3,(H2,16,17,18);1H. The first-order chi connectivity index (χ1) is 10.1. The second-order valence-electron chi connectivity index (χ2n) is 6.25. The zero-order valence-electron chi connectivity index (χ0n) is 14.0. The van der Waals surface area contributed by atoms with Gasteiger partial charge >= 0.3 is 0 Å². The summed E-state index contributed by atoms with van der Waals surface area (Å²) in [6.45, 7) is 6.42. The van der Waals surface area contributed by atoms with Gasteiger partial charge in [0.05, 0.1) is 0 Å². The van der Waals surface area contributed by atoms with Crippen molar-refractivity contribution in [1.29, 1.82) is 0 Å². The van der Waals surface area contributed by atoms with E-state index in [1.54, 1.807) is 19.0 Å². The van der Waals surface area contributed by atoms with E-state index in [2.05, 4.69) is 20.5 Å². The summed E-state index contributed by atoms with van der Waals surface area (Å²) in [5, 5.41) is 6.58. The first kappa shape index (κ1) is 19.5. The van der Waals surface area contributed by atoms with E-state index in [0.717, 1.165) is 25.1 Å². The number of aliphatic imine (C=N–C) groups is 1. The van der Waals surface area contributed by atoms with Gasteiger partial charge in [-0.05, 0) is 38.6 Å². The molecule has 0 spiro atoms. The van der Waals surface area contributed by atoms with Crippen LogP contribution in [0.25, 0.3) is 0 Å². The van der Waals surface area contributed by atoms with Crippen molar-refractivity contribution in [2.24, 2.45) is 10.9 Å². The molecule has 2 rings (SSSR count). The highest BCUT2D eigenvalue weighted by Gasteiger charge is 2.34. The van der Waals surface area contributed by atoms with Crippen molar-refractivity contribution in [3.8, 4) is 0 Å². The number of nitrogens with zero attached hydrogens (tertiary/aromatic N) is 3. The van der Waals surface area contributed by atoms with Gasteiger partial charge in [0, 0.05) is 39.8 Å². The summed E-state index contributed by atoms with van der Waals surface area (Å²) in [5.41, 5.74) is 0. The van der Waals surface area contributed by atoms with Gasteiger partial charge in [0.15, 0.2) is 5.96 Å². The number of hydrogen-bond donors (Lipinski definition) is 2. The van der Waals surface area contributed by atoms with Crippen molar-refractivity contribution in [2.45, 2.75) is 32.2 Å². The number of guanidine groups is 1. The van der Waals surface area contributed by atoms with Gasteiger partial charge in [0.25, 0.3) is 0 Å². The molecule has 2 aliphatic rings. The van der Waals surface area contributed by atoms with Crippen molar-refractivity contribution in [3.63, 3.8) is 0 Å². The Kier molecular flexibility index (Phi) is 8.45. The van der Waals surface area contributed by atoms with Gasteiger partial charge < -0.3 is 20.4 Å². The van der Waals surface area contributed by atoms with Crippen molar-refractivity contribution in [2.75, 3.05) is 46.8 Å². The third-order valence-electron chi connectivity index (χ3n) is 4.15. The number of hydrogen-bond acceptors (Lipinski definition) is 3. The van der Waals surface area contributed by atoms with Gasteiger partial charge in [-0.15, -0.1) is 24.0 Å². The van der Waals surface area contributed by atoms with Crippen LogP contribution in [-0.4, -0.2) is 74.5 Å². The quantitative estimate of drug-likeness (QED) is 0.376. The third kappa shape index (κ3) is 6.28. The van der Waals surface area contributed by atoms with E-state index >= 15 is 0 Å². The van der Waals surface area contributed by atoms with Crippen LogP contribution in [-0.2, 0) is 4.79 Å². The summed E-state index contributed by atoms with van der Waals surface area (Å²) in [5.74, 6) is 1.46. The first-order valence-corrected chi connectivity index (χ1v) is 8.06. The number of carbonyl (C=O) groups excluding carboxylic acids is 1. The van der Waals surface area contributed by atoms with Gasteiger partial charge in [0.2, 0.25) is 5.91 Å². The molecular formula is C15H30IN5O. The number of amides is 1. The zero-order chi connectivity index (χ0) is 15.2. The Morgan fingerprint density at radius 2 is 2.00 bits per heavy atom. The highest BCUT2D eigenvalue weighted by molar-refractivity contribution is 14.0. The van der Waals surface area contributed by atoms with Gasteiger partial charge in [-0.25, -0.2) is 4.99 Å². The maximum Gasteiger partial charge on any atom is 0.243 e. The summed E-state index contributed by atoms with van der Waals surface area (Å²) in [7, 11) is 3.51. The summed E-state index contributed by atoms with van der Waals surface area (Å²) < 4.78 is 0. The molecule has 22 heavy (non-hydrogen) atoms. The number of likely N-dealkylation sites (N-methyl/N-ethyl adjacent to an activating group) is 1. The van der Waals surface area contributed by atoms with Crippen molar-refractivity contribution < 1.29 is 4.79 Å². The molecule has 0 bridgehead atoms. The average Bonchev–Trinajstić information content (AvgIpc) is 3.20. The SMILES string of the molecule is CCNC(=NCC(=O)N(C)C)NCC1CCN(C2CC2)C1.I. The molecule has 1 atom stereocenters. The molecule has 1 heterocycles. The molecule has 0 aromatic rings. The molecule has 1 aliphatic heterocycles. The Morgan fingerprint density at radius 1 is 1.27 bits per heavy atom. The number of carbonyl (C=O) groups is 1. The molecule has 1 saturated heterocycles. The number of nitrogens with one attached hydrogen (secondary N) is 2. The normalized spacial score (nSPS) is 22.1. The van der Waals surface area contributed by atoms with Gasteiger partial charge in [-0.1, -0.05) is 0 Å². The number of halogens is 1. The van der Waals surface area contributed by atoms with Crippen molar-refractivity contribution in [1.82, 2.24) is 20.4 Å². The third-order valence-corrected chi connectivity index (χ3v) is 4.15. The fourth-order valence-electron chi connectivity index (χ4n) is 2.67. The Balaban J connectivity index is 0.00000242. The second-order valence-corrected chi connectivity index (χ2v) is 6.25. The average molecular weight is 423 g/mol. The van der Waals surface area contributed by atoms with Crippen molar-refractivity contribution >= 4 is 35.8 Å².